The number of nitrogens with one attached hydrogen (secondary N) is 1. The van der Waals surface area contributed by atoms with Crippen molar-refractivity contribution in [3.05, 3.63) is 11.4 Å². The number of likely N-dealkylation sites (tertiary alicyclic amines) is 1. The van der Waals surface area contributed by atoms with E-state index in [2.05, 4.69) is 24.0 Å². The van der Waals surface area contributed by atoms with Gasteiger partial charge in [0, 0.05) is 13.1 Å². The van der Waals surface area contributed by atoms with E-state index in [9.17, 15) is 13.2 Å². The molecule has 2 rings (SSSR count). The maximum Gasteiger partial charge on any atom is 0.275 e. The Hall–Kier alpha value is -1.41. The first kappa shape index (κ1) is 16.0. The summed E-state index contributed by atoms with van der Waals surface area (Å²) in [5, 5.41) is 11.8. The summed E-state index contributed by atoms with van der Waals surface area (Å²) in [5.74, 6) is -0.504. The average molecular weight is 314 g/mol. The summed E-state index contributed by atoms with van der Waals surface area (Å²) in [4.78, 5) is 14.0. The van der Waals surface area contributed by atoms with Crippen LogP contribution >= 0.6 is 0 Å². The summed E-state index contributed by atoms with van der Waals surface area (Å²) >= 11 is 0. The zero-order valence-corrected chi connectivity index (χ0v) is 13.6. The predicted octanol–water partition coefficient (Wildman–Crippen LogP) is 1.05. The van der Waals surface area contributed by atoms with Gasteiger partial charge < -0.3 is 4.90 Å². The second kappa shape index (κ2) is 5.10. The van der Waals surface area contributed by atoms with Crippen molar-refractivity contribution in [2.75, 3.05) is 13.1 Å². The van der Waals surface area contributed by atoms with Gasteiger partial charge in [0.05, 0.1) is 5.69 Å². The fourth-order valence-corrected chi connectivity index (χ4v) is 3.60. The van der Waals surface area contributed by atoms with E-state index in [1.807, 2.05) is 13.8 Å². The van der Waals surface area contributed by atoms with Gasteiger partial charge in [-0.05, 0) is 17.8 Å². The van der Waals surface area contributed by atoms with Gasteiger partial charge in [0.2, 0.25) is 10.0 Å². The number of carbonyl (C=O) groups excluding carboxylic acids is 1. The lowest BCUT2D eigenvalue weighted by molar-refractivity contribution is 0.0768. The molecule has 1 aliphatic heterocycles. The van der Waals surface area contributed by atoms with Crippen LogP contribution in [0.25, 0.3) is 0 Å². The van der Waals surface area contributed by atoms with Crippen LogP contribution in [-0.2, 0) is 10.0 Å². The number of aromatic amines is 1. The van der Waals surface area contributed by atoms with Crippen molar-refractivity contribution in [2.45, 2.75) is 44.9 Å². The monoisotopic (exact) mass is 314 g/mol. The number of carbonyl (C=O) groups is 1. The molecule has 7 nitrogen and oxygen atoms in total. The van der Waals surface area contributed by atoms with Crippen LogP contribution in [-0.4, -0.2) is 42.5 Å². The Morgan fingerprint density at radius 1 is 1.43 bits per heavy atom. The number of H-pyrrole nitrogens is 1. The van der Waals surface area contributed by atoms with Crippen molar-refractivity contribution >= 4 is 15.9 Å². The van der Waals surface area contributed by atoms with Crippen molar-refractivity contribution in [3.8, 4) is 0 Å². The standard InChI is InChI=1S/C13H22N4O3S/c1-8(2)9-11(21(14,19)20)10(16-15-9)12(18)17-6-5-13(3,4)7-17/h8H,5-7H2,1-4H3,(H,15,16)(H2,14,19,20). The number of rotatable bonds is 3. The van der Waals surface area contributed by atoms with Crippen LogP contribution in [0.4, 0.5) is 0 Å². The Kier molecular flexibility index (Phi) is 3.88. The van der Waals surface area contributed by atoms with Gasteiger partial charge >= 0.3 is 0 Å². The predicted molar refractivity (Wildman–Crippen MR) is 78.4 cm³/mol. The average Bonchev–Trinajstić information content (AvgIpc) is 2.90. The summed E-state index contributed by atoms with van der Waals surface area (Å²) in [5.41, 5.74) is 0.312. The van der Waals surface area contributed by atoms with Crippen LogP contribution in [0.2, 0.25) is 0 Å². The molecule has 0 aromatic carbocycles. The van der Waals surface area contributed by atoms with E-state index in [1.165, 1.54) is 0 Å². The molecule has 3 N–H and O–H groups in total. The Bertz CT molecular complexity index is 661. The molecule has 8 heteroatoms. The highest BCUT2D eigenvalue weighted by Gasteiger charge is 2.36. The Morgan fingerprint density at radius 3 is 2.48 bits per heavy atom. The van der Waals surface area contributed by atoms with Gasteiger partial charge in [-0.15, -0.1) is 0 Å². The maximum atomic E-state index is 12.6. The Labute approximate surface area is 124 Å². The minimum absolute atomic E-state index is 0.0363. The number of hydrogen-bond donors (Lipinski definition) is 2. The Morgan fingerprint density at radius 2 is 2.05 bits per heavy atom. The first-order valence-electron chi connectivity index (χ1n) is 6.93. The van der Waals surface area contributed by atoms with Crippen molar-refractivity contribution in [3.63, 3.8) is 0 Å². The molecular formula is C13H22N4O3S. The number of hydrogen-bond acceptors (Lipinski definition) is 4. The lowest BCUT2D eigenvalue weighted by Crippen LogP contribution is -2.32. The number of aromatic nitrogens is 2. The number of nitrogens with two attached hydrogens (primary N) is 1. The van der Waals surface area contributed by atoms with Gasteiger partial charge in [-0.25, -0.2) is 13.6 Å². The lowest BCUT2D eigenvalue weighted by atomic mass is 9.93. The van der Waals surface area contributed by atoms with Crippen LogP contribution in [0.5, 0.6) is 0 Å². The van der Waals surface area contributed by atoms with Gasteiger partial charge in [-0.2, -0.15) is 5.10 Å². The maximum absolute atomic E-state index is 12.6. The second-order valence-corrected chi connectivity index (χ2v) is 8.15. The number of primary sulfonamides is 1. The van der Waals surface area contributed by atoms with E-state index in [-0.39, 0.29) is 27.8 Å². The molecule has 1 fully saturated rings. The normalized spacial score (nSPS) is 18.5. The van der Waals surface area contributed by atoms with Gasteiger partial charge in [0.25, 0.3) is 5.91 Å². The first-order chi connectivity index (χ1) is 9.53. The third kappa shape index (κ3) is 3.11. The van der Waals surface area contributed by atoms with Crippen molar-refractivity contribution < 1.29 is 13.2 Å². The molecule has 1 amide bonds. The SMILES string of the molecule is CC(C)c1[nH]nc(C(=O)N2CCC(C)(C)C2)c1S(N)(=O)=O. The molecule has 0 spiro atoms. The zero-order valence-electron chi connectivity index (χ0n) is 12.8. The van der Waals surface area contributed by atoms with Crippen LogP contribution < -0.4 is 5.14 Å². The molecule has 0 aliphatic carbocycles. The quantitative estimate of drug-likeness (QED) is 0.869. The molecule has 0 saturated carbocycles. The molecule has 2 heterocycles. The first-order valence-corrected chi connectivity index (χ1v) is 8.48. The largest absolute Gasteiger partial charge is 0.337 e. The highest BCUT2D eigenvalue weighted by atomic mass is 32.2. The van der Waals surface area contributed by atoms with E-state index in [0.717, 1.165) is 6.42 Å². The highest BCUT2D eigenvalue weighted by Crippen LogP contribution is 2.31. The molecule has 118 valence electrons. The van der Waals surface area contributed by atoms with Crippen LogP contribution in [0.3, 0.4) is 0 Å². The number of sulfonamides is 1. The van der Waals surface area contributed by atoms with Gasteiger partial charge in [-0.3, -0.25) is 9.89 Å². The van der Waals surface area contributed by atoms with Crippen LogP contribution in [0.1, 0.15) is 56.2 Å². The number of nitrogens with zero attached hydrogens (tertiary/aromatic N) is 2. The second-order valence-electron chi connectivity index (χ2n) is 6.66. The minimum atomic E-state index is -4.01. The fourth-order valence-electron chi connectivity index (χ4n) is 2.61. The summed E-state index contributed by atoms with van der Waals surface area (Å²) in [6.45, 7) is 8.96. The zero-order chi connectivity index (χ0) is 16.0. The van der Waals surface area contributed by atoms with Crippen LogP contribution in [0, 0.1) is 5.41 Å². The minimum Gasteiger partial charge on any atom is -0.337 e. The van der Waals surface area contributed by atoms with E-state index in [1.54, 1.807) is 4.90 Å². The molecule has 0 radical (unpaired) electrons. The summed E-state index contributed by atoms with van der Waals surface area (Å²) in [6.07, 6.45) is 0.880. The third-order valence-corrected chi connectivity index (χ3v) is 4.76. The van der Waals surface area contributed by atoms with Gasteiger partial charge in [0.1, 0.15) is 4.90 Å². The Balaban J connectivity index is 2.43. The van der Waals surface area contributed by atoms with Gasteiger partial charge in [0.15, 0.2) is 5.69 Å². The highest BCUT2D eigenvalue weighted by molar-refractivity contribution is 7.89. The van der Waals surface area contributed by atoms with E-state index >= 15 is 0 Å². The van der Waals surface area contributed by atoms with Crippen LogP contribution in [0.15, 0.2) is 4.90 Å². The molecule has 1 aromatic rings. The van der Waals surface area contributed by atoms with E-state index in [0.29, 0.717) is 18.8 Å². The topological polar surface area (TPSA) is 109 Å². The fraction of sp³-hybridized carbons (Fsp3) is 0.692. The van der Waals surface area contributed by atoms with E-state index < -0.39 is 10.0 Å². The smallest absolute Gasteiger partial charge is 0.275 e. The van der Waals surface area contributed by atoms with Crippen molar-refractivity contribution in [1.82, 2.24) is 15.1 Å². The summed E-state index contributed by atoms with van der Waals surface area (Å²) in [7, 11) is -4.01. The van der Waals surface area contributed by atoms with Crippen molar-refractivity contribution in [1.29, 1.82) is 0 Å². The number of amides is 1. The molecule has 21 heavy (non-hydrogen) atoms. The molecular weight excluding hydrogens is 292 g/mol. The molecule has 1 saturated heterocycles. The summed E-state index contributed by atoms with van der Waals surface area (Å²) in [6, 6.07) is 0. The van der Waals surface area contributed by atoms with E-state index in [4.69, 9.17) is 5.14 Å². The molecule has 0 atom stereocenters. The molecule has 1 aromatic heterocycles. The third-order valence-electron chi connectivity index (χ3n) is 3.78. The lowest BCUT2D eigenvalue weighted by Gasteiger charge is -2.19. The van der Waals surface area contributed by atoms with Gasteiger partial charge in [-0.1, -0.05) is 27.7 Å². The molecule has 0 unspecified atom stereocenters. The van der Waals surface area contributed by atoms with Crippen molar-refractivity contribution in [2.24, 2.45) is 10.6 Å². The summed E-state index contributed by atoms with van der Waals surface area (Å²) < 4.78 is 23.7. The molecule has 0 bridgehead atoms. The molecule has 1 aliphatic rings.